The predicted octanol–water partition coefficient (Wildman–Crippen LogP) is 4.58. The van der Waals surface area contributed by atoms with Gasteiger partial charge in [0.1, 0.15) is 16.9 Å². The van der Waals surface area contributed by atoms with Crippen molar-refractivity contribution in [3.8, 4) is 5.75 Å². The summed E-state index contributed by atoms with van der Waals surface area (Å²) < 4.78 is 16.8. The van der Waals surface area contributed by atoms with Crippen molar-refractivity contribution in [3.05, 3.63) is 23.8 Å². The highest BCUT2D eigenvalue weighted by molar-refractivity contribution is 6.00. The minimum atomic E-state index is -0.851. The van der Waals surface area contributed by atoms with Crippen LogP contribution in [0.5, 0.6) is 5.75 Å². The molecule has 0 aliphatic heterocycles. The Morgan fingerprint density at radius 2 is 1.89 bits per heavy atom. The zero-order chi connectivity index (χ0) is 20.6. The number of anilines is 1. The minimum Gasteiger partial charge on any atom is -0.493 e. The van der Waals surface area contributed by atoms with Crippen LogP contribution >= 0.6 is 0 Å². The van der Waals surface area contributed by atoms with Gasteiger partial charge < -0.3 is 19.5 Å². The summed E-state index contributed by atoms with van der Waals surface area (Å²) in [7, 11) is 0. The molecule has 1 fully saturated rings. The third-order valence-corrected chi connectivity index (χ3v) is 4.90. The molecule has 28 heavy (non-hydrogen) atoms. The largest absolute Gasteiger partial charge is 0.493 e. The van der Waals surface area contributed by atoms with Crippen LogP contribution in [0.1, 0.15) is 70.2 Å². The number of benzene rings is 1. The van der Waals surface area contributed by atoms with E-state index in [9.17, 15) is 9.59 Å². The van der Waals surface area contributed by atoms with Crippen molar-refractivity contribution >= 4 is 17.6 Å². The summed E-state index contributed by atoms with van der Waals surface area (Å²) in [6.07, 6.45) is 4.74. The van der Waals surface area contributed by atoms with Crippen LogP contribution in [0.15, 0.2) is 18.2 Å². The van der Waals surface area contributed by atoms with Crippen LogP contribution in [0, 0.1) is 5.92 Å². The van der Waals surface area contributed by atoms with Gasteiger partial charge in [-0.05, 0) is 63.6 Å². The smallest absolute Gasteiger partial charge is 0.341 e. The molecule has 1 N–H and O–H groups in total. The average Bonchev–Trinajstić information content (AvgIpc) is 3.53. The van der Waals surface area contributed by atoms with Gasteiger partial charge in [0, 0.05) is 12.3 Å². The molecular formula is C22H33NO5. The lowest BCUT2D eigenvalue weighted by Gasteiger charge is -2.28. The normalized spacial score (nSPS) is 15.6. The van der Waals surface area contributed by atoms with E-state index in [-0.39, 0.29) is 18.4 Å². The summed E-state index contributed by atoms with van der Waals surface area (Å²) in [5.74, 6) is 0.0625. The molecule has 0 spiro atoms. The molecule has 2 rings (SSSR count). The zero-order valence-corrected chi connectivity index (χ0v) is 17.5. The second-order valence-corrected chi connectivity index (χ2v) is 7.32. The van der Waals surface area contributed by atoms with Crippen LogP contribution in [0.3, 0.4) is 0 Å². The maximum atomic E-state index is 12.9. The summed E-state index contributed by atoms with van der Waals surface area (Å²) >= 11 is 0. The van der Waals surface area contributed by atoms with Crippen molar-refractivity contribution in [2.24, 2.45) is 5.92 Å². The monoisotopic (exact) mass is 391 g/mol. The Morgan fingerprint density at radius 1 is 1.14 bits per heavy atom. The van der Waals surface area contributed by atoms with Crippen LogP contribution in [0.4, 0.5) is 5.69 Å². The number of hydrogen-bond acceptors (Lipinski definition) is 5. The lowest BCUT2D eigenvalue weighted by atomic mass is 9.98. The van der Waals surface area contributed by atoms with Gasteiger partial charge in [-0.1, -0.05) is 20.3 Å². The molecule has 1 aliphatic carbocycles. The summed E-state index contributed by atoms with van der Waals surface area (Å²) in [5, 5.41) is 2.92. The van der Waals surface area contributed by atoms with E-state index in [4.69, 9.17) is 14.2 Å². The molecule has 0 saturated heterocycles. The van der Waals surface area contributed by atoms with Crippen LogP contribution < -0.4 is 10.1 Å². The number of esters is 1. The Kier molecular flexibility index (Phi) is 8.30. The third-order valence-electron chi connectivity index (χ3n) is 4.90. The molecule has 0 aromatic heterocycles. The lowest BCUT2D eigenvalue weighted by molar-refractivity contribution is -0.142. The standard InChI is InChI=1S/C22H33NO5/c1-5-8-14-27-19-12-11-17(15-18(19)20(24)26-7-3)23-21(25)22(4,16-9-10-16)28-13-6-2/h11-12,15-16H,5-10,13-14H2,1-4H3,(H,23,25). The summed E-state index contributed by atoms with van der Waals surface area (Å²) in [5.41, 5.74) is -0.00244. The molecule has 156 valence electrons. The molecular weight excluding hydrogens is 358 g/mol. The van der Waals surface area contributed by atoms with E-state index >= 15 is 0 Å². The molecule has 1 aromatic rings. The van der Waals surface area contributed by atoms with Gasteiger partial charge in [0.15, 0.2) is 0 Å². The fraction of sp³-hybridized carbons (Fsp3) is 0.636. The third kappa shape index (κ3) is 5.71. The highest BCUT2D eigenvalue weighted by atomic mass is 16.5. The first-order valence-corrected chi connectivity index (χ1v) is 10.4. The number of rotatable bonds is 12. The number of nitrogens with one attached hydrogen (secondary N) is 1. The molecule has 6 nitrogen and oxygen atoms in total. The lowest BCUT2D eigenvalue weighted by Crippen LogP contribution is -2.45. The Morgan fingerprint density at radius 3 is 2.50 bits per heavy atom. The molecule has 1 aliphatic rings. The Labute approximate surface area is 167 Å². The van der Waals surface area contributed by atoms with Gasteiger partial charge >= 0.3 is 5.97 Å². The fourth-order valence-corrected chi connectivity index (χ4v) is 3.00. The number of carbonyl (C=O) groups excluding carboxylic acids is 2. The second-order valence-electron chi connectivity index (χ2n) is 7.32. The first-order chi connectivity index (χ1) is 13.5. The van der Waals surface area contributed by atoms with Gasteiger partial charge in [0.25, 0.3) is 5.91 Å². The molecule has 1 aromatic carbocycles. The highest BCUT2D eigenvalue weighted by Gasteiger charge is 2.48. The molecule has 1 saturated carbocycles. The number of hydrogen-bond donors (Lipinski definition) is 1. The predicted molar refractivity (Wildman–Crippen MR) is 109 cm³/mol. The average molecular weight is 392 g/mol. The van der Waals surface area contributed by atoms with Crippen molar-refractivity contribution < 1.29 is 23.8 Å². The van der Waals surface area contributed by atoms with Crippen LogP contribution in [-0.4, -0.2) is 37.3 Å². The van der Waals surface area contributed by atoms with E-state index in [0.717, 1.165) is 32.1 Å². The molecule has 0 radical (unpaired) electrons. The highest BCUT2D eigenvalue weighted by Crippen LogP contribution is 2.42. The SMILES string of the molecule is CCCCOc1ccc(NC(=O)C(C)(OCCC)C2CC2)cc1C(=O)OCC. The van der Waals surface area contributed by atoms with Gasteiger partial charge in [-0.25, -0.2) is 4.79 Å². The van der Waals surface area contributed by atoms with Gasteiger partial charge in [-0.15, -0.1) is 0 Å². The fourth-order valence-electron chi connectivity index (χ4n) is 3.00. The quantitative estimate of drug-likeness (QED) is 0.417. The van der Waals surface area contributed by atoms with Gasteiger partial charge in [-0.3, -0.25) is 4.79 Å². The molecule has 0 heterocycles. The van der Waals surface area contributed by atoms with E-state index in [1.807, 2.05) is 13.8 Å². The van der Waals surface area contributed by atoms with Gasteiger partial charge in [-0.2, -0.15) is 0 Å². The molecule has 1 amide bonds. The first kappa shape index (κ1) is 22.2. The van der Waals surface area contributed by atoms with Crippen molar-refractivity contribution in [1.82, 2.24) is 0 Å². The van der Waals surface area contributed by atoms with E-state index < -0.39 is 11.6 Å². The number of ether oxygens (including phenoxy) is 3. The van der Waals surface area contributed by atoms with E-state index in [2.05, 4.69) is 12.2 Å². The summed E-state index contributed by atoms with van der Waals surface area (Å²) in [6, 6.07) is 5.07. The maximum Gasteiger partial charge on any atom is 0.341 e. The van der Waals surface area contributed by atoms with Gasteiger partial charge in [0.05, 0.1) is 13.2 Å². The first-order valence-electron chi connectivity index (χ1n) is 10.4. The second kappa shape index (κ2) is 10.5. The topological polar surface area (TPSA) is 73.9 Å². The van der Waals surface area contributed by atoms with Crippen LogP contribution in [0.25, 0.3) is 0 Å². The van der Waals surface area contributed by atoms with Crippen molar-refractivity contribution in [3.63, 3.8) is 0 Å². The van der Waals surface area contributed by atoms with E-state index in [1.165, 1.54) is 0 Å². The van der Waals surface area contributed by atoms with Crippen molar-refractivity contribution in [2.75, 3.05) is 25.1 Å². The maximum absolute atomic E-state index is 12.9. The summed E-state index contributed by atoms with van der Waals surface area (Å²) in [4.78, 5) is 25.3. The minimum absolute atomic E-state index is 0.182. The van der Waals surface area contributed by atoms with E-state index in [1.54, 1.807) is 25.1 Å². The zero-order valence-electron chi connectivity index (χ0n) is 17.5. The van der Waals surface area contributed by atoms with E-state index in [0.29, 0.717) is 30.2 Å². The number of unbranched alkanes of at least 4 members (excludes halogenated alkanes) is 1. The Balaban J connectivity index is 2.18. The van der Waals surface area contributed by atoms with Crippen LogP contribution in [-0.2, 0) is 14.3 Å². The van der Waals surface area contributed by atoms with Crippen molar-refractivity contribution in [2.45, 2.75) is 65.4 Å². The van der Waals surface area contributed by atoms with Gasteiger partial charge in [0.2, 0.25) is 0 Å². The molecule has 1 unspecified atom stereocenters. The Bertz CT molecular complexity index is 671. The van der Waals surface area contributed by atoms with Crippen LogP contribution in [0.2, 0.25) is 0 Å². The summed E-state index contributed by atoms with van der Waals surface area (Å²) in [6.45, 7) is 9.05. The molecule has 1 atom stereocenters. The molecule has 0 bridgehead atoms. The number of carbonyl (C=O) groups is 2. The van der Waals surface area contributed by atoms with Crippen molar-refractivity contribution in [1.29, 1.82) is 0 Å². The number of amides is 1. The molecule has 6 heteroatoms. The Hall–Kier alpha value is -2.08.